The van der Waals surface area contributed by atoms with Gasteiger partial charge >= 0.3 is 6.18 Å². The zero-order valence-electron chi connectivity index (χ0n) is 14.2. The third kappa shape index (κ3) is 6.93. The highest BCUT2D eigenvalue weighted by Gasteiger charge is 2.26. The summed E-state index contributed by atoms with van der Waals surface area (Å²) < 4.78 is 36.7. The first kappa shape index (κ1) is 19.3. The summed E-state index contributed by atoms with van der Waals surface area (Å²) in [6.07, 6.45) is -5.04. The van der Waals surface area contributed by atoms with Crippen molar-refractivity contribution in [2.75, 3.05) is 19.6 Å². The van der Waals surface area contributed by atoms with E-state index in [9.17, 15) is 13.2 Å². The van der Waals surface area contributed by atoms with Crippen molar-refractivity contribution < 1.29 is 13.2 Å². The van der Waals surface area contributed by atoms with Crippen LogP contribution in [0, 0.1) is 6.92 Å². The van der Waals surface area contributed by atoms with Crippen LogP contribution in [-0.4, -0.2) is 31.8 Å². The van der Waals surface area contributed by atoms with Crippen LogP contribution in [0.1, 0.15) is 38.3 Å². The molecule has 1 aromatic carbocycles. The summed E-state index contributed by atoms with van der Waals surface area (Å²) in [6.45, 7) is 9.00. The minimum Gasteiger partial charge on any atom is -0.357 e. The van der Waals surface area contributed by atoms with E-state index in [1.54, 1.807) is 0 Å². The lowest BCUT2D eigenvalue weighted by atomic mass is 9.82. The summed E-state index contributed by atoms with van der Waals surface area (Å²) in [5.74, 6) is 0.415. The molecule has 1 rings (SSSR count). The molecular formula is C17H26F3N3. The number of rotatable bonds is 6. The van der Waals surface area contributed by atoms with E-state index in [2.05, 4.69) is 35.5 Å². The van der Waals surface area contributed by atoms with Gasteiger partial charge in [-0.1, -0.05) is 38.1 Å². The molecular weight excluding hydrogens is 303 g/mol. The van der Waals surface area contributed by atoms with E-state index in [-0.39, 0.29) is 12.0 Å². The number of guanidine groups is 1. The molecule has 0 atom stereocenters. The topological polar surface area (TPSA) is 36.4 Å². The first-order valence-electron chi connectivity index (χ1n) is 7.81. The van der Waals surface area contributed by atoms with Gasteiger partial charge in [-0.2, -0.15) is 13.2 Å². The Labute approximate surface area is 136 Å². The Balaban J connectivity index is 2.74. The number of nitrogens with zero attached hydrogens (tertiary/aromatic N) is 1. The van der Waals surface area contributed by atoms with Crippen LogP contribution < -0.4 is 10.6 Å². The quantitative estimate of drug-likeness (QED) is 0.615. The highest BCUT2D eigenvalue weighted by Crippen LogP contribution is 2.26. The van der Waals surface area contributed by atoms with Crippen LogP contribution in [0.4, 0.5) is 13.2 Å². The Morgan fingerprint density at radius 1 is 1.13 bits per heavy atom. The Kier molecular flexibility index (Phi) is 6.91. The first-order valence-corrected chi connectivity index (χ1v) is 7.81. The van der Waals surface area contributed by atoms with Crippen LogP contribution >= 0.6 is 0 Å². The van der Waals surface area contributed by atoms with E-state index in [1.807, 2.05) is 32.0 Å². The lowest BCUT2D eigenvalue weighted by Crippen LogP contribution is -2.40. The molecule has 23 heavy (non-hydrogen) atoms. The fraction of sp³-hybridized carbons (Fsp3) is 0.588. The fourth-order valence-electron chi connectivity index (χ4n) is 2.36. The summed E-state index contributed by atoms with van der Waals surface area (Å²) >= 11 is 0. The van der Waals surface area contributed by atoms with E-state index < -0.39 is 12.6 Å². The van der Waals surface area contributed by atoms with E-state index in [0.29, 0.717) is 19.0 Å². The third-order valence-corrected chi connectivity index (χ3v) is 3.55. The van der Waals surface area contributed by atoms with Gasteiger partial charge in [0.05, 0.1) is 13.0 Å². The van der Waals surface area contributed by atoms with Crippen molar-refractivity contribution >= 4 is 5.96 Å². The maximum absolute atomic E-state index is 12.2. The van der Waals surface area contributed by atoms with E-state index >= 15 is 0 Å². The van der Waals surface area contributed by atoms with Crippen LogP contribution in [0.5, 0.6) is 0 Å². The van der Waals surface area contributed by atoms with Crippen LogP contribution in [0.2, 0.25) is 0 Å². The van der Waals surface area contributed by atoms with Crippen molar-refractivity contribution in [2.45, 2.75) is 45.7 Å². The fourth-order valence-corrected chi connectivity index (χ4v) is 2.36. The summed E-state index contributed by atoms with van der Waals surface area (Å²) in [6, 6.07) is 8.09. The highest BCUT2D eigenvalue weighted by atomic mass is 19.4. The van der Waals surface area contributed by atoms with Gasteiger partial charge < -0.3 is 10.6 Å². The molecule has 0 unspecified atom stereocenters. The van der Waals surface area contributed by atoms with Gasteiger partial charge in [-0.3, -0.25) is 4.99 Å². The maximum Gasteiger partial charge on any atom is 0.390 e. The average molecular weight is 329 g/mol. The van der Waals surface area contributed by atoms with Crippen LogP contribution in [-0.2, 0) is 5.41 Å². The third-order valence-electron chi connectivity index (χ3n) is 3.55. The van der Waals surface area contributed by atoms with Gasteiger partial charge in [0.1, 0.15) is 0 Å². The molecule has 3 nitrogen and oxygen atoms in total. The molecule has 0 spiro atoms. The second kappa shape index (κ2) is 8.22. The molecule has 1 aromatic rings. The van der Waals surface area contributed by atoms with Gasteiger partial charge in [0.2, 0.25) is 0 Å². The molecule has 0 radical (unpaired) electrons. The average Bonchev–Trinajstić information content (AvgIpc) is 2.44. The van der Waals surface area contributed by atoms with Crippen molar-refractivity contribution in [3.63, 3.8) is 0 Å². The number of hydrogen-bond acceptors (Lipinski definition) is 1. The minimum absolute atomic E-state index is 0.180. The number of hydrogen-bond donors (Lipinski definition) is 2. The molecule has 0 aromatic heterocycles. The summed E-state index contributed by atoms with van der Waals surface area (Å²) in [4.78, 5) is 4.45. The summed E-state index contributed by atoms with van der Waals surface area (Å²) in [7, 11) is 0. The molecule has 0 aliphatic rings. The lowest BCUT2D eigenvalue weighted by molar-refractivity contribution is -0.132. The van der Waals surface area contributed by atoms with E-state index in [4.69, 9.17) is 0 Å². The normalized spacial score (nSPS) is 13.1. The number of benzene rings is 1. The van der Waals surface area contributed by atoms with Crippen molar-refractivity contribution in [3.05, 3.63) is 35.4 Å². The molecule has 0 fully saturated rings. The summed E-state index contributed by atoms with van der Waals surface area (Å²) in [5, 5.41) is 5.71. The highest BCUT2D eigenvalue weighted by molar-refractivity contribution is 5.79. The van der Waals surface area contributed by atoms with Gasteiger partial charge in [0, 0.05) is 18.5 Å². The Hall–Kier alpha value is -1.72. The number of aryl methyl sites for hydroxylation is 1. The molecule has 2 N–H and O–H groups in total. The smallest absolute Gasteiger partial charge is 0.357 e. The molecule has 0 saturated heterocycles. The molecule has 0 bridgehead atoms. The Morgan fingerprint density at radius 3 is 2.35 bits per heavy atom. The van der Waals surface area contributed by atoms with Gasteiger partial charge in [0.25, 0.3) is 0 Å². The lowest BCUT2D eigenvalue weighted by Gasteiger charge is -2.25. The number of nitrogens with one attached hydrogen (secondary N) is 2. The predicted molar refractivity (Wildman–Crippen MR) is 88.9 cm³/mol. The van der Waals surface area contributed by atoms with Crippen molar-refractivity contribution in [3.8, 4) is 0 Å². The second-order valence-corrected chi connectivity index (χ2v) is 6.19. The van der Waals surface area contributed by atoms with Crippen molar-refractivity contribution in [2.24, 2.45) is 4.99 Å². The Bertz CT molecular complexity index is 522. The van der Waals surface area contributed by atoms with Crippen molar-refractivity contribution in [1.29, 1.82) is 0 Å². The summed E-state index contributed by atoms with van der Waals surface area (Å²) in [5.41, 5.74) is 2.18. The zero-order chi connectivity index (χ0) is 17.5. The van der Waals surface area contributed by atoms with Gasteiger partial charge in [-0.15, -0.1) is 0 Å². The number of aliphatic imine (C=N–C) groups is 1. The van der Waals surface area contributed by atoms with E-state index in [0.717, 1.165) is 0 Å². The number of halogens is 3. The van der Waals surface area contributed by atoms with Crippen LogP contribution in [0.25, 0.3) is 0 Å². The Morgan fingerprint density at radius 2 is 1.78 bits per heavy atom. The molecule has 0 aliphatic heterocycles. The molecule has 6 heteroatoms. The second-order valence-electron chi connectivity index (χ2n) is 6.19. The standard InChI is InChI=1S/C17H26F3N3/c1-5-21-15(22-11-10-17(18,19)20)23-12-16(3,4)14-9-7-6-8-13(14)2/h6-9H,5,10-12H2,1-4H3,(H2,21,22,23). The van der Waals surface area contributed by atoms with Crippen molar-refractivity contribution in [1.82, 2.24) is 10.6 Å². The van der Waals surface area contributed by atoms with Gasteiger partial charge in [0.15, 0.2) is 5.96 Å². The maximum atomic E-state index is 12.2. The molecule has 130 valence electrons. The predicted octanol–water partition coefficient (Wildman–Crippen LogP) is 3.78. The molecule has 0 amide bonds. The number of alkyl halides is 3. The SMILES string of the molecule is CCNC(=NCC(C)(C)c1ccccc1C)NCCC(F)(F)F. The monoisotopic (exact) mass is 329 g/mol. The zero-order valence-corrected chi connectivity index (χ0v) is 14.2. The largest absolute Gasteiger partial charge is 0.390 e. The molecule has 0 saturated carbocycles. The molecule has 0 aliphatic carbocycles. The van der Waals surface area contributed by atoms with Crippen LogP contribution in [0.15, 0.2) is 29.3 Å². The molecule has 0 heterocycles. The first-order chi connectivity index (χ1) is 10.7. The van der Waals surface area contributed by atoms with Crippen LogP contribution in [0.3, 0.4) is 0 Å². The van der Waals surface area contributed by atoms with Gasteiger partial charge in [-0.25, -0.2) is 0 Å². The van der Waals surface area contributed by atoms with Gasteiger partial charge in [-0.05, 0) is 25.0 Å². The van der Waals surface area contributed by atoms with E-state index in [1.165, 1.54) is 11.1 Å². The minimum atomic E-state index is -4.16.